The minimum atomic E-state index is -1.03. The van der Waals surface area contributed by atoms with Crippen LogP contribution < -0.4 is 15.0 Å². The molecule has 0 spiro atoms. The van der Waals surface area contributed by atoms with Crippen molar-refractivity contribution >= 4 is 58.0 Å². The zero-order valence-corrected chi connectivity index (χ0v) is 17.0. The predicted octanol–water partition coefficient (Wildman–Crippen LogP) is 5.18. The van der Waals surface area contributed by atoms with Gasteiger partial charge in [0.1, 0.15) is 5.75 Å². The Hall–Kier alpha value is -1.95. The van der Waals surface area contributed by atoms with E-state index in [1.54, 1.807) is 50.2 Å². The summed E-state index contributed by atoms with van der Waals surface area (Å²) < 4.78 is 5.77. The highest BCUT2D eigenvalue weighted by Crippen LogP contribution is 2.39. The van der Waals surface area contributed by atoms with Crippen LogP contribution in [-0.4, -0.2) is 24.0 Å². The molecule has 0 saturated carbocycles. The lowest BCUT2D eigenvalue weighted by atomic mass is 10.0. The number of carbonyl (C=O) groups is 2. The van der Waals surface area contributed by atoms with E-state index < -0.39 is 5.60 Å². The van der Waals surface area contributed by atoms with Crippen LogP contribution in [0.15, 0.2) is 36.4 Å². The van der Waals surface area contributed by atoms with Gasteiger partial charge in [-0.25, -0.2) is 0 Å². The third kappa shape index (κ3) is 4.32. The molecular weight excluding hydrogens is 411 g/mol. The third-order valence-electron chi connectivity index (χ3n) is 4.10. The van der Waals surface area contributed by atoms with Crippen molar-refractivity contribution in [2.75, 3.05) is 16.8 Å². The number of benzene rings is 2. The van der Waals surface area contributed by atoms with Crippen LogP contribution in [0.5, 0.6) is 5.75 Å². The second-order valence-electron chi connectivity index (χ2n) is 6.61. The SMILES string of the molecule is CC1(C)Oc2ccc(Cl)cc2N(CCC(=O)Nc2ccc(Cl)c(Cl)c2)C1=O. The molecule has 0 bridgehead atoms. The number of hydrogen-bond donors (Lipinski definition) is 1. The number of carbonyl (C=O) groups excluding carboxylic acids is 2. The lowest BCUT2D eigenvalue weighted by Gasteiger charge is -2.38. The quantitative estimate of drug-likeness (QED) is 0.731. The Bertz CT molecular complexity index is 915. The van der Waals surface area contributed by atoms with E-state index in [0.29, 0.717) is 32.2 Å². The van der Waals surface area contributed by atoms with Crippen LogP contribution in [0, 0.1) is 0 Å². The number of nitrogens with zero attached hydrogens (tertiary/aromatic N) is 1. The zero-order valence-electron chi connectivity index (χ0n) is 14.7. The highest BCUT2D eigenvalue weighted by molar-refractivity contribution is 6.42. The van der Waals surface area contributed by atoms with Crippen LogP contribution in [-0.2, 0) is 9.59 Å². The van der Waals surface area contributed by atoms with Gasteiger partial charge >= 0.3 is 0 Å². The molecule has 3 rings (SSSR count). The Morgan fingerprint density at radius 3 is 2.56 bits per heavy atom. The summed E-state index contributed by atoms with van der Waals surface area (Å²) in [6.07, 6.45) is 0.0913. The maximum Gasteiger partial charge on any atom is 0.270 e. The van der Waals surface area contributed by atoms with E-state index in [-0.39, 0.29) is 24.8 Å². The molecule has 1 N–H and O–H groups in total. The van der Waals surface area contributed by atoms with E-state index in [4.69, 9.17) is 39.5 Å². The fraction of sp³-hybridized carbons (Fsp3) is 0.263. The fourth-order valence-corrected chi connectivity index (χ4v) is 3.24. The maximum absolute atomic E-state index is 12.8. The fourth-order valence-electron chi connectivity index (χ4n) is 2.77. The molecule has 142 valence electrons. The molecule has 5 nitrogen and oxygen atoms in total. The van der Waals surface area contributed by atoms with Crippen molar-refractivity contribution in [1.82, 2.24) is 0 Å². The van der Waals surface area contributed by atoms with Crippen molar-refractivity contribution in [2.45, 2.75) is 25.9 Å². The van der Waals surface area contributed by atoms with Crippen molar-refractivity contribution in [3.05, 3.63) is 51.5 Å². The van der Waals surface area contributed by atoms with Crippen LogP contribution in [0.3, 0.4) is 0 Å². The number of fused-ring (bicyclic) bond motifs is 1. The number of halogens is 3. The summed E-state index contributed by atoms with van der Waals surface area (Å²) in [5, 5.41) is 3.98. The number of hydrogen-bond acceptors (Lipinski definition) is 3. The summed E-state index contributed by atoms with van der Waals surface area (Å²) in [5.74, 6) is 0.0579. The molecule has 0 radical (unpaired) electrons. The number of rotatable bonds is 4. The zero-order chi connectivity index (χ0) is 19.8. The van der Waals surface area contributed by atoms with Crippen LogP contribution in [0.25, 0.3) is 0 Å². The topological polar surface area (TPSA) is 58.6 Å². The van der Waals surface area contributed by atoms with E-state index >= 15 is 0 Å². The van der Waals surface area contributed by atoms with Crippen LogP contribution in [0.2, 0.25) is 15.1 Å². The molecule has 0 aliphatic carbocycles. The van der Waals surface area contributed by atoms with Gasteiger partial charge in [-0.1, -0.05) is 34.8 Å². The van der Waals surface area contributed by atoms with Gasteiger partial charge in [0.25, 0.3) is 5.91 Å². The van der Waals surface area contributed by atoms with Gasteiger partial charge in [0.15, 0.2) is 5.60 Å². The van der Waals surface area contributed by atoms with Crippen molar-refractivity contribution in [3.8, 4) is 5.75 Å². The molecule has 0 atom stereocenters. The lowest BCUT2D eigenvalue weighted by molar-refractivity contribution is -0.132. The molecule has 1 heterocycles. The van der Waals surface area contributed by atoms with Gasteiger partial charge < -0.3 is 15.0 Å². The van der Waals surface area contributed by atoms with Gasteiger partial charge in [-0.15, -0.1) is 0 Å². The number of anilines is 2. The average molecular weight is 428 g/mol. The summed E-state index contributed by atoms with van der Waals surface area (Å²) in [7, 11) is 0. The molecule has 27 heavy (non-hydrogen) atoms. The summed E-state index contributed by atoms with van der Waals surface area (Å²) in [6, 6.07) is 9.90. The summed E-state index contributed by atoms with van der Waals surface area (Å²) in [4.78, 5) is 26.6. The number of amides is 2. The van der Waals surface area contributed by atoms with Crippen LogP contribution in [0.1, 0.15) is 20.3 Å². The van der Waals surface area contributed by atoms with Crippen molar-refractivity contribution in [1.29, 1.82) is 0 Å². The first kappa shape index (κ1) is 19.8. The Morgan fingerprint density at radius 1 is 1.11 bits per heavy atom. The minimum absolute atomic E-state index is 0.0913. The Kier molecular flexibility index (Phi) is 5.56. The van der Waals surface area contributed by atoms with E-state index in [2.05, 4.69) is 5.32 Å². The van der Waals surface area contributed by atoms with Gasteiger partial charge in [0, 0.05) is 23.7 Å². The van der Waals surface area contributed by atoms with Gasteiger partial charge in [-0.2, -0.15) is 0 Å². The monoisotopic (exact) mass is 426 g/mol. The second kappa shape index (κ2) is 7.58. The molecule has 2 aromatic carbocycles. The highest BCUT2D eigenvalue weighted by Gasteiger charge is 2.40. The first-order valence-electron chi connectivity index (χ1n) is 8.23. The normalized spacial score (nSPS) is 15.1. The van der Waals surface area contributed by atoms with E-state index in [1.807, 2.05) is 0 Å². The van der Waals surface area contributed by atoms with E-state index in [0.717, 1.165) is 0 Å². The Labute approximate surface area is 172 Å². The molecule has 0 unspecified atom stereocenters. The van der Waals surface area contributed by atoms with E-state index in [9.17, 15) is 9.59 Å². The lowest BCUT2D eigenvalue weighted by Crippen LogP contribution is -2.53. The third-order valence-corrected chi connectivity index (χ3v) is 5.08. The Morgan fingerprint density at radius 2 is 1.85 bits per heavy atom. The van der Waals surface area contributed by atoms with E-state index in [1.165, 1.54) is 4.90 Å². The van der Waals surface area contributed by atoms with Crippen molar-refractivity contribution < 1.29 is 14.3 Å². The van der Waals surface area contributed by atoms with Crippen LogP contribution in [0.4, 0.5) is 11.4 Å². The second-order valence-corrected chi connectivity index (χ2v) is 7.86. The molecule has 0 fully saturated rings. The summed E-state index contributed by atoms with van der Waals surface area (Å²) in [5.41, 5.74) is 0.0572. The smallest absolute Gasteiger partial charge is 0.270 e. The largest absolute Gasteiger partial charge is 0.476 e. The minimum Gasteiger partial charge on any atom is -0.476 e. The molecule has 1 aliphatic heterocycles. The van der Waals surface area contributed by atoms with Gasteiger partial charge in [0.05, 0.1) is 15.7 Å². The first-order valence-corrected chi connectivity index (χ1v) is 9.36. The van der Waals surface area contributed by atoms with Gasteiger partial charge in [-0.3, -0.25) is 9.59 Å². The standard InChI is InChI=1S/C19H17Cl3N2O3/c1-19(2)18(26)24(15-9-11(20)3-6-16(15)27-19)8-7-17(25)23-12-4-5-13(21)14(22)10-12/h3-6,9-10H,7-8H2,1-2H3,(H,23,25). The average Bonchev–Trinajstić information content (AvgIpc) is 2.59. The van der Waals surface area contributed by atoms with Crippen molar-refractivity contribution in [2.24, 2.45) is 0 Å². The number of nitrogens with one attached hydrogen (secondary N) is 1. The maximum atomic E-state index is 12.8. The van der Waals surface area contributed by atoms with Gasteiger partial charge in [-0.05, 0) is 50.2 Å². The summed E-state index contributed by atoms with van der Waals surface area (Å²) in [6.45, 7) is 3.57. The highest BCUT2D eigenvalue weighted by atomic mass is 35.5. The first-order chi connectivity index (χ1) is 12.7. The number of ether oxygens (including phenoxy) is 1. The summed E-state index contributed by atoms with van der Waals surface area (Å²) >= 11 is 17.9. The van der Waals surface area contributed by atoms with Gasteiger partial charge in [0.2, 0.25) is 5.91 Å². The molecule has 0 saturated heterocycles. The molecule has 8 heteroatoms. The molecule has 2 aromatic rings. The molecule has 1 aliphatic rings. The molecular formula is C19H17Cl3N2O3. The Balaban J connectivity index is 1.74. The van der Waals surface area contributed by atoms with Crippen molar-refractivity contribution in [3.63, 3.8) is 0 Å². The van der Waals surface area contributed by atoms with Crippen LogP contribution >= 0.6 is 34.8 Å². The predicted molar refractivity (Wildman–Crippen MR) is 108 cm³/mol. The molecule has 2 amide bonds. The molecule has 0 aromatic heterocycles.